The van der Waals surface area contributed by atoms with Gasteiger partial charge in [-0.15, -0.1) is 6.42 Å². The Labute approximate surface area is 85.2 Å². The van der Waals surface area contributed by atoms with Gasteiger partial charge in [0.05, 0.1) is 6.04 Å². The van der Waals surface area contributed by atoms with E-state index in [1.165, 1.54) is 0 Å². The Morgan fingerprint density at radius 2 is 2.14 bits per heavy atom. The van der Waals surface area contributed by atoms with Crippen molar-refractivity contribution in [3.63, 3.8) is 0 Å². The average molecular weight is 195 g/mol. The first-order valence-corrected chi connectivity index (χ1v) is 4.87. The van der Waals surface area contributed by atoms with Crippen LogP contribution in [-0.4, -0.2) is 23.7 Å². The van der Waals surface area contributed by atoms with Crippen LogP contribution >= 0.6 is 0 Å². The molecule has 0 aliphatic carbocycles. The number of hydrogen-bond acceptors (Lipinski definition) is 3. The lowest BCUT2D eigenvalue weighted by Gasteiger charge is -2.22. The van der Waals surface area contributed by atoms with Gasteiger partial charge in [-0.1, -0.05) is 5.92 Å². The first-order valence-electron chi connectivity index (χ1n) is 4.87. The van der Waals surface area contributed by atoms with E-state index in [0.29, 0.717) is 0 Å². The van der Waals surface area contributed by atoms with Gasteiger partial charge in [-0.05, 0) is 33.6 Å². The molecule has 0 bridgehead atoms. The predicted molar refractivity (Wildman–Crippen MR) is 54.6 cm³/mol. The second-order valence-electron chi connectivity index (χ2n) is 4.55. The Bertz CT molecular complexity index is 259. The highest BCUT2D eigenvalue weighted by Crippen LogP contribution is 2.16. The van der Waals surface area contributed by atoms with Crippen LogP contribution in [0.2, 0.25) is 0 Å². The van der Waals surface area contributed by atoms with Gasteiger partial charge in [0.15, 0.2) is 0 Å². The largest absolute Gasteiger partial charge is 0.459 e. The Morgan fingerprint density at radius 3 is 2.57 bits per heavy atom. The molecule has 3 nitrogen and oxygen atoms in total. The number of rotatable bonds is 1. The molecule has 0 aromatic heterocycles. The summed E-state index contributed by atoms with van der Waals surface area (Å²) in [6.07, 6.45) is 6.87. The molecule has 78 valence electrons. The zero-order chi connectivity index (χ0) is 10.8. The van der Waals surface area contributed by atoms with Crippen LogP contribution in [0.25, 0.3) is 0 Å². The van der Waals surface area contributed by atoms with Crippen molar-refractivity contribution in [2.45, 2.75) is 51.3 Å². The lowest BCUT2D eigenvalue weighted by molar-refractivity contribution is -0.157. The summed E-state index contributed by atoms with van der Waals surface area (Å²) in [7, 11) is 0. The Balaban J connectivity index is 2.45. The van der Waals surface area contributed by atoms with Crippen LogP contribution in [-0.2, 0) is 9.53 Å². The highest BCUT2D eigenvalue weighted by Gasteiger charge is 2.31. The monoisotopic (exact) mass is 195 g/mol. The molecule has 0 saturated carbocycles. The third kappa shape index (κ3) is 3.04. The summed E-state index contributed by atoms with van der Waals surface area (Å²) in [5.41, 5.74) is -0.424. The molecule has 3 heteroatoms. The van der Waals surface area contributed by atoms with Gasteiger partial charge in [-0.2, -0.15) is 0 Å². The fourth-order valence-electron chi connectivity index (χ4n) is 1.43. The molecule has 0 spiro atoms. The molecule has 1 saturated heterocycles. The quantitative estimate of drug-likeness (QED) is 0.502. The summed E-state index contributed by atoms with van der Waals surface area (Å²) in [6.45, 7) is 5.58. The summed E-state index contributed by atoms with van der Waals surface area (Å²) in [4.78, 5) is 11.6. The van der Waals surface area contributed by atoms with E-state index in [0.717, 1.165) is 12.8 Å². The smallest absolute Gasteiger partial charge is 0.323 e. The van der Waals surface area contributed by atoms with E-state index in [-0.39, 0.29) is 18.1 Å². The first-order chi connectivity index (χ1) is 6.42. The molecule has 1 fully saturated rings. The molecule has 0 aromatic carbocycles. The van der Waals surface area contributed by atoms with Crippen molar-refractivity contribution >= 4 is 5.97 Å². The SMILES string of the molecule is C#CC1CCC(C(=O)OC(C)(C)C)N1. The molecule has 0 radical (unpaired) electrons. The third-order valence-corrected chi connectivity index (χ3v) is 2.04. The minimum atomic E-state index is -0.424. The number of nitrogens with one attached hydrogen (secondary N) is 1. The first kappa shape index (κ1) is 11.1. The minimum absolute atomic E-state index is 0.0209. The summed E-state index contributed by atoms with van der Waals surface area (Å²) in [6, 6.07) is -0.206. The van der Waals surface area contributed by atoms with Gasteiger partial charge in [0.1, 0.15) is 11.6 Å². The van der Waals surface area contributed by atoms with Crippen LogP contribution < -0.4 is 5.32 Å². The van der Waals surface area contributed by atoms with Crippen molar-refractivity contribution in [1.82, 2.24) is 5.32 Å². The lowest BCUT2D eigenvalue weighted by Crippen LogP contribution is -2.39. The van der Waals surface area contributed by atoms with E-state index in [2.05, 4.69) is 11.2 Å². The number of esters is 1. The predicted octanol–water partition coefficient (Wildman–Crippen LogP) is 1.08. The van der Waals surface area contributed by atoms with E-state index in [1.807, 2.05) is 20.8 Å². The number of hydrogen-bond donors (Lipinski definition) is 1. The van der Waals surface area contributed by atoms with Crippen molar-refractivity contribution in [1.29, 1.82) is 0 Å². The van der Waals surface area contributed by atoms with Crippen LogP contribution in [0.3, 0.4) is 0 Å². The molecule has 14 heavy (non-hydrogen) atoms. The maximum atomic E-state index is 11.6. The zero-order valence-corrected chi connectivity index (χ0v) is 8.96. The molecule has 1 heterocycles. The van der Waals surface area contributed by atoms with Gasteiger partial charge in [-0.25, -0.2) is 0 Å². The number of ether oxygens (including phenoxy) is 1. The zero-order valence-electron chi connectivity index (χ0n) is 8.96. The third-order valence-electron chi connectivity index (χ3n) is 2.04. The van der Waals surface area contributed by atoms with Crippen molar-refractivity contribution < 1.29 is 9.53 Å². The van der Waals surface area contributed by atoms with E-state index in [4.69, 9.17) is 11.2 Å². The van der Waals surface area contributed by atoms with Gasteiger partial charge in [0, 0.05) is 0 Å². The molecule has 0 aromatic rings. The summed E-state index contributed by atoms with van der Waals surface area (Å²) < 4.78 is 5.24. The van der Waals surface area contributed by atoms with Crippen molar-refractivity contribution in [3.8, 4) is 12.3 Å². The Hall–Kier alpha value is -1.01. The fraction of sp³-hybridized carbons (Fsp3) is 0.727. The van der Waals surface area contributed by atoms with Crippen LogP contribution in [0.4, 0.5) is 0 Å². The van der Waals surface area contributed by atoms with Crippen molar-refractivity contribution in [2.24, 2.45) is 0 Å². The topological polar surface area (TPSA) is 38.3 Å². The Morgan fingerprint density at radius 1 is 1.50 bits per heavy atom. The maximum absolute atomic E-state index is 11.6. The number of carbonyl (C=O) groups is 1. The molecule has 1 N–H and O–H groups in total. The number of terminal acetylenes is 1. The van der Waals surface area contributed by atoms with Gasteiger partial charge >= 0.3 is 5.97 Å². The highest BCUT2D eigenvalue weighted by molar-refractivity contribution is 5.76. The molecular formula is C11H17NO2. The van der Waals surface area contributed by atoms with Crippen LogP contribution in [0.15, 0.2) is 0 Å². The van der Waals surface area contributed by atoms with E-state index in [1.54, 1.807) is 0 Å². The standard InChI is InChI=1S/C11H17NO2/c1-5-8-6-7-9(12-8)10(13)14-11(2,3)4/h1,8-9,12H,6-7H2,2-4H3. The van der Waals surface area contributed by atoms with Gasteiger partial charge < -0.3 is 4.74 Å². The molecule has 1 rings (SSSR count). The van der Waals surface area contributed by atoms with Gasteiger partial charge in [0.25, 0.3) is 0 Å². The molecule has 1 aliphatic heterocycles. The van der Waals surface area contributed by atoms with Gasteiger partial charge in [0.2, 0.25) is 0 Å². The molecule has 2 atom stereocenters. The second kappa shape index (κ2) is 4.02. The highest BCUT2D eigenvalue weighted by atomic mass is 16.6. The van der Waals surface area contributed by atoms with Gasteiger partial charge in [-0.3, -0.25) is 10.1 Å². The molecule has 0 amide bonds. The van der Waals surface area contributed by atoms with Crippen LogP contribution in [0, 0.1) is 12.3 Å². The van der Waals surface area contributed by atoms with E-state index in [9.17, 15) is 4.79 Å². The van der Waals surface area contributed by atoms with E-state index >= 15 is 0 Å². The molecular weight excluding hydrogens is 178 g/mol. The normalized spacial score (nSPS) is 27.0. The lowest BCUT2D eigenvalue weighted by atomic mass is 10.1. The summed E-state index contributed by atoms with van der Waals surface area (Å²) in [5, 5.41) is 3.05. The molecule has 2 unspecified atom stereocenters. The van der Waals surface area contributed by atoms with Crippen molar-refractivity contribution in [3.05, 3.63) is 0 Å². The maximum Gasteiger partial charge on any atom is 0.323 e. The fourth-order valence-corrected chi connectivity index (χ4v) is 1.43. The van der Waals surface area contributed by atoms with Crippen molar-refractivity contribution in [2.75, 3.05) is 0 Å². The molecule has 1 aliphatic rings. The summed E-state index contributed by atoms with van der Waals surface area (Å²) >= 11 is 0. The van der Waals surface area contributed by atoms with Crippen LogP contribution in [0.1, 0.15) is 33.6 Å². The number of carbonyl (C=O) groups excluding carboxylic acids is 1. The van der Waals surface area contributed by atoms with Crippen LogP contribution in [0.5, 0.6) is 0 Å². The van der Waals surface area contributed by atoms with E-state index < -0.39 is 5.60 Å². The Kier molecular flexibility index (Phi) is 3.17. The minimum Gasteiger partial charge on any atom is -0.459 e. The average Bonchev–Trinajstić information content (AvgIpc) is 2.48. The summed E-state index contributed by atoms with van der Waals surface area (Å²) in [5.74, 6) is 2.39. The second-order valence-corrected chi connectivity index (χ2v) is 4.55.